The second kappa shape index (κ2) is 4.39. The molecule has 0 spiro atoms. The number of aromatic nitrogens is 1. The summed E-state index contributed by atoms with van der Waals surface area (Å²) >= 11 is 0. The number of pyridine rings is 1. The van der Waals surface area contributed by atoms with Crippen LogP contribution in [0.1, 0.15) is 11.1 Å². The Hall–Kier alpha value is -2.35. The Labute approximate surface area is 111 Å². The zero-order valence-electron chi connectivity index (χ0n) is 11.0. The van der Waals surface area contributed by atoms with E-state index in [2.05, 4.69) is 24.0 Å². The van der Waals surface area contributed by atoms with Crippen LogP contribution in [0.25, 0.3) is 22.2 Å². The van der Waals surface area contributed by atoms with Gasteiger partial charge in [-0.3, -0.25) is 4.79 Å². The van der Waals surface area contributed by atoms with Gasteiger partial charge in [-0.25, -0.2) is 0 Å². The zero-order chi connectivity index (χ0) is 13.4. The molecule has 2 nitrogen and oxygen atoms in total. The fraction of sp³-hybridized carbons (Fsp3) is 0.118. The van der Waals surface area contributed by atoms with Crippen molar-refractivity contribution in [2.45, 2.75) is 13.8 Å². The summed E-state index contributed by atoms with van der Waals surface area (Å²) in [6.45, 7) is 3.93. The lowest BCUT2D eigenvalue weighted by Crippen LogP contribution is -2.09. The monoisotopic (exact) mass is 249 g/mol. The first-order chi connectivity index (χ1) is 9.16. The van der Waals surface area contributed by atoms with Crippen LogP contribution in [0.5, 0.6) is 0 Å². The summed E-state index contributed by atoms with van der Waals surface area (Å²) in [5.41, 5.74) is 4.91. The summed E-state index contributed by atoms with van der Waals surface area (Å²) in [5.74, 6) is 0. The molecule has 0 fully saturated rings. The van der Waals surface area contributed by atoms with Gasteiger partial charge in [0.1, 0.15) is 0 Å². The molecule has 3 aromatic rings. The Balaban J connectivity index is 2.36. The van der Waals surface area contributed by atoms with Crippen molar-refractivity contribution in [3.8, 4) is 11.3 Å². The van der Waals surface area contributed by atoms with E-state index in [1.165, 1.54) is 5.56 Å². The molecule has 0 bridgehead atoms. The lowest BCUT2D eigenvalue weighted by molar-refractivity contribution is 1.29. The van der Waals surface area contributed by atoms with E-state index >= 15 is 0 Å². The number of aromatic amines is 1. The van der Waals surface area contributed by atoms with Crippen LogP contribution in [-0.4, -0.2) is 4.98 Å². The first-order valence-electron chi connectivity index (χ1n) is 6.35. The van der Waals surface area contributed by atoms with Gasteiger partial charge in [0.2, 0.25) is 0 Å². The number of rotatable bonds is 1. The van der Waals surface area contributed by atoms with Crippen molar-refractivity contribution in [1.82, 2.24) is 4.98 Å². The standard InChI is InChI=1S/C17H15NO/c1-11-6-5-7-13(10-11)16-12(2)17(19)14-8-3-4-9-15(14)18-16/h3-10H,1-2H3,(H,18,19). The van der Waals surface area contributed by atoms with E-state index in [0.29, 0.717) is 0 Å². The second-order valence-corrected chi connectivity index (χ2v) is 4.87. The SMILES string of the molecule is Cc1cccc(-c2[nH]c3ccccc3c(=O)c2C)c1. The molecule has 2 aromatic carbocycles. The maximum atomic E-state index is 12.4. The minimum atomic E-state index is 0.103. The molecule has 19 heavy (non-hydrogen) atoms. The summed E-state index contributed by atoms with van der Waals surface area (Å²) in [6.07, 6.45) is 0. The number of hydrogen-bond donors (Lipinski definition) is 1. The predicted molar refractivity (Wildman–Crippen MR) is 79.5 cm³/mol. The summed E-state index contributed by atoms with van der Waals surface area (Å²) in [5, 5.41) is 0.747. The maximum absolute atomic E-state index is 12.4. The van der Waals surface area contributed by atoms with Crippen LogP contribution in [0.3, 0.4) is 0 Å². The summed E-state index contributed by atoms with van der Waals surface area (Å²) in [7, 11) is 0. The Kier molecular flexibility index (Phi) is 2.71. The number of nitrogens with one attached hydrogen (secondary N) is 1. The Morgan fingerprint density at radius 1 is 0.947 bits per heavy atom. The van der Waals surface area contributed by atoms with Crippen molar-refractivity contribution < 1.29 is 0 Å². The van der Waals surface area contributed by atoms with E-state index in [0.717, 1.165) is 27.7 Å². The van der Waals surface area contributed by atoms with Gasteiger partial charge in [0.15, 0.2) is 5.43 Å². The molecule has 0 aliphatic heterocycles. The highest BCUT2D eigenvalue weighted by Gasteiger charge is 2.09. The van der Waals surface area contributed by atoms with Crippen LogP contribution in [0.15, 0.2) is 53.3 Å². The van der Waals surface area contributed by atoms with E-state index in [1.807, 2.05) is 43.3 Å². The lowest BCUT2D eigenvalue weighted by atomic mass is 10.0. The molecule has 0 aliphatic carbocycles. The third kappa shape index (κ3) is 1.95. The van der Waals surface area contributed by atoms with Gasteiger partial charge in [0, 0.05) is 16.5 Å². The van der Waals surface area contributed by atoms with E-state index < -0.39 is 0 Å². The summed E-state index contributed by atoms with van der Waals surface area (Å²) in [4.78, 5) is 15.8. The quantitative estimate of drug-likeness (QED) is 0.699. The maximum Gasteiger partial charge on any atom is 0.192 e. The highest BCUT2D eigenvalue weighted by molar-refractivity contribution is 5.83. The fourth-order valence-corrected chi connectivity index (χ4v) is 2.42. The average molecular weight is 249 g/mol. The topological polar surface area (TPSA) is 32.9 Å². The van der Waals surface area contributed by atoms with Gasteiger partial charge in [0.25, 0.3) is 0 Å². The predicted octanol–water partition coefficient (Wildman–Crippen LogP) is 3.81. The van der Waals surface area contributed by atoms with Gasteiger partial charge in [-0.1, -0.05) is 35.9 Å². The third-order valence-electron chi connectivity index (χ3n) is 3.45. The molecule has 1 aromatic heterocycles. The smallest absolute Gasteiger partial charge is 0.192 e. The summed E-state index contributed by atoms with van der Waals surface area (Å²) in [6, 6.07) is 15.8. The Morgan fingerprint density at radius 3 is 2.53 bits per heavy atom. The van der Waals surface area contributed by atoms with Crippen LogP contribution >= 0.6 is 0 Å². The van der Waals surface area contributed by atoms with Crippen molar-refractivity contribution in [3.05, 3.63) is 69.9 Å². The number of fused-ring (bicyclic) bond motifs is 1. The van der Waals surface area contributed by atoms with Crippen LogP contribution < -0.4 is 5.43 Å². The van der Waals surface area contributed by atoms with E-state index in [9.17, 15) is 4.79 Å². The van der Waals surface area contributed by atoms with Gasteiger partial charge in [-0.05, 0) is 37.6 Å². The van der Waals surface area contributed by atoms with Crippen molar-refractivity contribution in [1.29, 1.82) is 0 Å². The molecule has 2 heteroatoms. The normalized spacial score (nSPS) is 10.8. The van der Waals surface area contributed by atoms with Crippen LogP contribution in [-0.2, 0) is 0 Å². The molecule has 0 atom stereocenters. The average Bonchev–Trinajstić information content (AvgIpc) is 2.43. The van der Waals surface area contributed by atoms with Crippen molar-refractivity contribution >= 4 is 10.9 Å². The number of benzene rings is 2. The van der Waals surface area contributed by atoms with Gasteiger partial charge >= 0.3 is 0 Å². The molecule has 94 valence electrons. The largest absolute Gasteiger partial charge is 0.354 e. The third-order valence-corrected chi connectivity index (χ3v) is 3.45. The number of para-hydroxylation sites is 1. The van der Waals surface area contributed by atoms with Crippen LogP contribution in [0, 0.1) is 13.8 Å². The first kappa shape index (κ1) is 11.7. The van der Waals surface area contributed by atoms with E-state index in [4.69, 9.17) is 0 Å². The molecular formula is C17H15NO. The molecule has 0 radical (unpaired) electrons. The van der Waals surface area contributed by atoms with Gasteiger partial charge in [-0.2, -0.15) is 0 Å². The molecule has 0 unspecified atom stereocenters. The molecule has 0 amide bonds. The van der Waals surface area contributed by atoms with Crippen molar-refractivity contribution in [2.24, 2.45) is 0 Å². The molecule has 0 saturated carbocycles. The highest BCUT2D eigenvalue weighted by Crippen LogP contribution is 2.22. The lowest BCUT2D eigenvalue weighted by Gasteiger charge is -2.09. The molecule has 1 heterocycles. The molecule has 0 saturated heterocycles. The minimum Gasteiger partial charge on any atom is -0.354 e. The van der Waals surface area contributed by atoms with Gasteiger partial charge in [-0.15, -0.1) is 0 Å². The van der Waals surface area contributed by atoms with E-state index in [-0.39, 0.29) is 5.43 Å². The summed E-state index contributed by atoms with van der Waals surface area (Å²) < 4.78 is 0. The number of hydrogen-bond acceptors (Lipinski definition) is 1. The molecule has 3 rings (SSSR count). The minimum absolute atomic E-state index is 0.103. The highest BCUT2D eigenvalue weighted by atomic mass is 16.1. The van der Waals surface area contributed by atoms with Crippen LogP contribution in [0.4, 0.5) is 0 Å². The van der Waals surface area contributed by atoms with Crippen molar-refractivity contribution in [3.63, 3.8) is 0 Å². The van der Waals surface area contributed by atoms with Gasteiger partial charge in [0.05, 0.1) is 5.69 Å². The molecule has 1 N–H and O–H groups in total. The van der Waals surface area contributed by atoms with Gasteiger partial charge < -0.3 is 4.98 Å². The number of H-pyrrole nitrogens is 1. The first-order valence-corrected chi connectivity index (χ1v) is 6.35. The second-order valence-electron chi connectivity index (χ2n) is 4.87. The van der Waals surface area contributed by atoms with Crippen molar-refractivity contribution in [2.75, 3.05) is 0 Å². The number of aryl methyl sites for hydroxylation is 1. The molecular weight excluding hydrogens is 234 g/mol. The van der Waals surface area contributed by atoms with Crippen LogP contribution in [0.2, 0.25) is 0 Å². The zero-order valence-corrected chi connectivity index (χ0v) is 11.0. The van der Waals surface area contributed by atoms with E-state index in [1.54, 1.807) is 0 Å². The Morgan fingerprint density at radius 2 is 1.74 bits per heavy atom. The molecule has 0 aliphatic rings. The fourth-order valence-electron chi connectivity index (χ4n) is 2.42. The Bertz CT molecular complexity index is 815.